The topological polar surface area (TPSA) is 85.1 Å². The number of carbonyl (C=O) groups is 2. The van der Waals surface area contributed by atoms with Crippen molar-refractivity contribution >= 4 is 17.5 Å². The minimum atomic E-state index is -0.212. The van der Waals surface area contributed by atoms with Gasteiger partial charge in [-0.15, -0.1) is 0 Å². The minimum Gasteiger partial charge on any atom is -0.336 e. The molecule has 0 radical (unpaired) electrons. The highest BCUT2D eigenvalue weighted by Crippen LogP contribution is 2.21. The molecule has 1 fully saturated rings. The molecule has 25 heavy (non-hydrogen) atoms. The van der Waals surface area contributed by atoms with Gasteiger partial charge in [0.05, 0.1) is 23.5 Å². The first-order chi connectivity index (χ1) is 11.9. The Hall–Kier alpha value is -2.64. The number of aryl methyl sites for hydroxylation is 1. The zero-order valence-electron chi connectivity index (χ0n) is 15.1. The number of aromatic nitrogens is 4. The molecule has 2 aromatic rings. The van der Waals surface area contributed by atoms with Crippen LogP contribution in [0, 0.1) is 12.8 Å². The first kappa shape index (κ1) is 17.2. The van der Waals surface area contributed by atoms with Crippen molar-refractivity contribution in [2.75, 3.05) is 18.4 Å². The van der Waals surface area contributed by atoms with Gasteiger partial charge < -0.3 is 10.2 Å². The van der Waals surface area contributed by atoms with Crippen molar-refractivity contribution in [2.45, 2.75) is 33.2 Å². The van der Waals surface area contributed by atoms with Crippen molar-refractivity contribution in [3.8, 4) is 0 Å². The van der Waals surface area contributed by atoms with Crippen molar-refractivity contribution in [2.24, 2.45) is 13.0 Å². The van der Waals surface area contributed by atoms with Crippen LogP contribution in [-0.2, 0) is 11.8 Å². The molecule has 1 aliphatic heterocycles. The normalized spacial score (nSPS) is 17.3. The van der Waals surface area contributed by atoms with Crippen LogP contribution in [0.2, 0.25) is 0 Å². The van der Waals surface area contributed by atoms with Gasteiger partial charge in [-0.1, -0.05) is 0 Å². The van der Waals surface area contributed by atoms with Gasteiger partial charge in [-0.05, 0) is 33.3 Å². The number of nitrogens with zero attached hydrogens (tertiary/aromatic N) is 5. The molecule has 1 atom stereocenters. The maximum atomic E-state index is 12.6. The van der Waals surface area contributed by atoms with Gasteiger partial charge in [0, 0.05) is 32.4 Å². The van der Waals surface area contributed by atoms with Crippen LogP contribution < -0.4 is 5.32 Å². The molecule has 1 saturated heterocycles. The van der Waals surface area contributed by atoms with Gasteiger partial charge in [0.25, 0.3) is 5.91 Å². The monoisotopic (exact) mass is 344 g/mol. The molecule has 1 unspecified atom stereocenters. The highest BCUT2D eigenvalue weighted by atomic mass is 16.2. The van der Waals surface area contributed by atoms with Crippen LogP contribution in [0.4, 0.5) is 5.69 Å². The van der Waals surface area contributed by atoms with Crippen LogP contribution in [-0.4, -0.2) is 49.4 Å². The highest BCUT2D eigenvalue weighted by Gasteiger charge is 2.32. The minimum absolute atomic E-state index is 0.0703. The molecule has 2 aromatic heterocycles. The Labute approximate surface area is 146 Å². The third-order valence-corrected chi connectivity index (χ3v) is 4.70. The molecule has 1 N–H and O–H groups in total. The lowest BCUT2D eigenvalue weighted by Crippen LogP contribution is -2.32. The van der Waals surface area contributed by atoms with Crippen LogP contribution in [0.25, 0.3) is 0 Å². The van der Waals surface area contributed by atoms with E-state index in [1.807, 2.05) is 34.0 Å². The van der Waals surface area contributed by atoms with Crippen LogP contribution in [0.15, 0.2) is 18.5 Å². The lowest BCUT2D eigenvalue weighted by atomic mass is 10.1. The van der Waals surface area contributed by atoms with Crippen molar-refractivity contribution < 1.29 is 9.59 Å². The van der Waals surface area contributed by atoms with Crippen molar-refractivity contribution in [3.63, 3.8) is 0 Å². The highest BCUT2D eigenvalue weighted by molar-refractivity contribution is 5.96. The summed E-state index contributed by atoms with van der Waals surface area (Å²) in [6.07, 6.45) is 4.11. The Morgan fingerprint density at radius 2 is 2.12 bits per heavy atom. The molecule has 134 valence electrons. The lowest BCUT2D eigenvalue weighted by Gasteiger charge is -2.15. The zero-order chi connectivity index (χ0) is 18.1. The fraction of sp³-hybridized carbons (Fsp3) is 0.529. The molecular formula is C17H24N6O2. The molecule has 1 aliphatic rings. The van der Waals surface area contributed by atoms with E-state index in [2.05, 4.69) is 15.5 Å². The molecule has 8 nitrogen and oxygen atoms in total. The zero-order valence-corrected chi connectivity index (χ0v) is 15.1. The van der Waals surface area contributed by atoms with Crippen LogP contribution in [0.3, 0.4) is 0 Å². The number of likely N-dealkylation sites (tertiary alicyclic amines) is 1. The van der Waals surface area contributed by atoms with E-state index in [-0.39, 0.29) is 23.8 Å². The molecule has 0 aromatic carbocycles. The number of rotatable bonds is 4. The van der Waals surface area contributed by atoms with Gasteiger partial charge in [0.15, 0.2) is 0 Å². The molecule has 3 rings (SSSR count). The average molecular weight is 344 g/mol. The molecule has 8 heteroatoms. The second kappa shape index (κ2) is 6.70. The summed E-state index contributed by atoms with van der Waals surface area (Å²) in [6.45, 7) is 6.91. The first-order valence-corrected chi connectivity index (χ1v) is 8.50. The Morgan fingerprint density at radius 3 is 2.72 bits per heavy atom. The van der Waals surface area contributed by atoms with Gasteiger partial charge in [-0.3, -0.25) is 19.0 Å². The SMILES string of the molecule is Cc1c(NC(=O)C2CCN(C(=O)c3ccn(C(C)C)n3)C2)cnn1C. The Kier molecular flexibility index (Phi) is 4.61. The van der Waals surface area contributed by atoms with E-state index in [4.69, 9.17) is 0 Å². The predicted molar refractivity (Wildman–Crippen MR) is 93.2 cm³/mol. The second-order valence-corrected chi connectivity index (χ2v) is 6.77. The van der Waals surface area contributed by atoms with Crippen LogP contribution in [0.5, 0.6) is 0 Å². The fourth-order valence-electron chi connectivity index (χ4n) is 2.92. The predicted octanol–water partition coefficient (Wildman–Crippen LogP) is 1.61. The van der Waals surface area contributed by atoms with Crippen LogP contribution >= 0.6 is 0 Å². The largest absolute Gasteiger partial charge is 0.336 e. The number of amides is 2. The Morgan fingerprint density at radius 1 is 1.36 bits per heavy atom. The summed E-state index contributed by atoms with van der Waals surface area (Å²) in [5.41, 5.74) is 2.05. The van der Waals surface area contributed by atoms with E-state index >= 15 is 0 Å². The molecular weight excluding hydrogens is 320 g/mol. The molecule has 0 spiro atoms. The van der Waals surface area contributed by atoms with Crippen molar-refractivity contribution in [3.05, 3.63) is 29.8 Å². The van der Waals surface area contributed by atoms with Crippen LogP contribution in [0.1, 0.15) is 42.5 Å². The standard InChI is InChI=1S/C17H24N6O2/c1-11(2)23-8-6-14(20-23)17(25)22-7-5-13(10-22)16(24)19-15-9-18-21(4)12(15)3/h6,8-9,11,13H,5,7,10H2,1-4H3,(H,19,24). The van der Waals surface area contributed by atoms with Crippen molar-refractivity contribution in [1.82, 2.24) is 24.5 Å². The van der Waals surface area contributed by atoms with E-state index in [0.29, 0.717) is 30.9 Å². The number of anilines is 1. The van der Waals surface area contributed by atoms with E-state index in [9.17, 15) is 9.59 Å². The second-order valence-electron chi connectivity index (χ2n) is 6.77. The van der Waals surface area contributed by atoms with Gasteiger partial charge in [0.1, 0.15) is 5.69 Å². The lowest BCUT2D eigenvalue weighted by molar-refractivity contribution is -0.119. The number of hydrogen-bond donors (Lipinski definition) is 1. The van der Waals surface area contributed by atoms with Gasteiger partial charge in [-0.2, -0.15) is 10.2 Å². The molecule has 2 amide bonds. The van der Waals surface area contributed by atoms with Gasteiger partial charge in [0.2, 0.25) is 5.91 Å². The molecule has 3 heterocycles. The average Bonchev–Trinajstić information content (AvgIpc) is 3.30. The van der Waals surface area contributed by atoms with E-state index < -0.39 is 0 Å². The summed E-state index contributed by atoms with van der Waals surface area (Å²) in [7, 11) is 1.83. The maximum absolute atomic E-state index is 12.6. The van der Waals surface area contributed by atoms with Crippen molar-refractivity contribution in [1.29, 1.82) is 0 Å². The molecule has 0 aliphatic carbocycles. The molecule has 0 saturated carbocycles. The van der Waals surface area contributed by atoms with E-state index in [0.717, 1.165) is 5.69 Å². The fourth-order valence-corrected chi connectivity index (χ4v) is 2.92. The molecule has 0 bridgehead atoms. The summed E-state index contributed by atoms with van der Waals surface area (Å²) in [4.78, 5) is 26.7. The Bertz CT molecular complexity index is 791. The third kappa shape index (κ3) is 3.42. The van der Waals surface area contributed by atoms with E-state index in [1.165, 1.54) is 0 Å². The summed E-state index contributed by atoms with van der Waals surface area (Å²) in [5.74, 6) is -0.401. The quantitative estimate of drug-likeness (QED) is 0.913. The number of nitrogens with one attached hydrogen (secondary N) is 1. The third-order valence-electron chi connectivity index (χ3n) is 4.70. The first-order valence-electron chi connectivity index (χ1n) is 8.50. The summed E-state index contributed by atoms with van der Waals surface area (Å²) >= 11 is 0. The Balaban J connectivity index is 1.61. The summed E-state index contributed by atoms with van der Waals surface area (Å²) < 4.78 is 3.48. The summed E-state index contributed by atoms with van der Waals surface area (Å²) in [5, 5.41) is 11.4. The van der Waals surface area contributed by atoms with Gasteiger partial charge in [-0.25, -0.2) is 0 Å². The van der Waals surface area contributed by atoms with E-state index in [1.54, 1.807) is 26.5 Å². The smallest absolute Gasteiger partial charge is 0.274 e. The van der Waals surface area contributed by atoms with Gasteiger partial charge >= 0.3 is 0 Å². The number of hydrogen-bond acceptors (Lipinski definition) is 4. The summed E-state index contributed by atoms with van der Waals surface area (Å²) in [6, 6.07) is 1.94. The maximum Gasteiger partial charge on any atom is 0.274 e. The number of carbonyl (C=O) groups excluding carboxylic acids is 2.